The van der Waals surface area contributed by atoms with E-state index >= 15 is 0 Å². The Kier molecular flexibility index (Phi) is 12.3. The number of nitrogens with zero attached hydrogens (tertiary/aromatic N) is 2. The molecule has 2 heterocycles. The van der Waals surface area contributed by atoms with E-state index in [1.165, 1.54) is 32.4 Å². The van der Waals surface area contributed by atoms with Crippen LogP contribution in [0, 0.1) is 5.41 Å². The molecule has 1 fully saturated rings. The molecule has 0 aromatic heterocycles. The normalized spacial score (nSPS) is 19.0. The summed E-state index contributed by atoms with van der Waals surface area (Å²) in [6.45, 7) is -2.93. The van der Waals surface area contributed by atoms with Gasteiger partial charge in [0.2, 0.25) is 11.8 Å². The van der Waals surface area contributed by atoms with E-state index in [9.17, 15) is 29.1 Å². The number of benzene rings is 4. The predicted octanol–water partition coefficient (Wildman–Crippen LogP) is 6.76. The zero-order chi connectivity index (χ0) is 43.2. The Bertz CT molecular complexity index is 2080. The van der Waals surface area contributed by atoms with Crippen molar-refractivity contribution in [3.63, 3.8) is 0 Å². The first-order valence-electron chi connectivity index (χ1n) is 19.6. The average Bonchev–Trinajstić information content (AvgIpc) is 3.19. The summed E-state index contributed by atoms with van der Waals surface area (Å²) in [6.07, 6.45) is -0.880. The minimum Gasteiger partial charge on any atom is -0.510 e. The van der Waals surface area contributed by atoms with Crippen LogP contribution < -0.4 is 0 Å². The summed E-state index contributed by atoms with van der Waals surface area (Å²) >= 11 is 1.38. The summed E-state index contributed by atoms with van der Waals surface area (Å²) in [7, 11) is 0. The van der Waals surface area contributed by atoms with Crippen molar-refractivity contribution in [2.24, 2.45) is 5.41 Å². The Morgan fingerprint density at radius 1 is 0.698 bits per heavy atom. The number of rotatable bonds is 10. The Morgan fingerprint density at radius 2 is 1.13 bits per heavy atom. The first kappa shape index (κ1) is 32.4. The highest BCUT2D eigenvalue weighted by molar-refractivity contribution is 14.1. The molecule has 2 amide bonds. The lowest BCUT2D eigenvalue weighted by molar-refractivity contribution is -0.168. The predicted molar refractivity (Wildman–Crippen MR) is 208 cm³/mol. The second-order valence-electron chi connectivity index (χ2n) is 12.2. The van der Waals surface area contributed by atoms with Crippen LogP contribution in [0.3, 0.4) is 0 Å². The third-order valence-electron chi connectivity index (χ3n) is 8.40. The number of Topliss-reactive ketones (excluding diaryl/α,β-unsaturated/α-hetero) is 1. The first-order chi connectivity index (χ1) is 27.9. The quantitative estimate of drug-likeness (QED) is 0.0803. The van der Waals surface area contributed by atoms with Crippen LogP contribution in [0.25, 0.3) is 0 Å². The van der Waals surface area contributed by atoms with Crippen molar-refractivity contribution in [1.82, 2.24) is 9.80 Å². The van der Waals surface area contributed by atoms with Crippen LogP contribution in [0.15, 0.2) is 133 Å². The fourth-order valence-electron chi connectivity index (χ4n) is 5.49. The summed E-state index contributed by atoms with van der Waals surface area (Å²) in [5.74, 6) is -3.53. The molecule has 1 N–H and O–H groups in total. The van der Waals surface area contributed by atoms with Crippen LogP contribution in [-0.2, 0) is 59.7 Å². The van der Waals surface area contributed by atoms with E-state index in [4.69, 9.17) is 17.7 Å². The fourth-order valence-corrected chi connectivity index (χ4v) is 5.49. The molecule has 53 heavy (non-hydrogen) atoms. The van der Waals surface area contributed by atoms with Gasteiger partial charge in [-0.2, -0.15) is 0 Å². The van der Waals surface area contributed by atoms with Gasteiger partial charge >= 0.3 is 11.9 Å². The molecular formula is C42H43IN2O8. The molecule has 2 aliphatic rings. The number of carbonyl (C=O) groups is 5. The molecule has 4 aromatic rings. The number of likely N-dealkylation sites (tertiary alicyclic amines) is 1. The molecule has 1 saturated heterocycles. The number of ether oxygens (including phenoxy) is 2. The Balaban J connectivity index is 0.000000236. The number of halogens is 1. The third-order valence-corrected chi connectivity index (χ3v) is 8.40. The van der Waals surface area contributed by atoms with Crippen molar-refractivity contribution in [3.8, 4) is 0 Å². The number of amides is 2. The van der Waals surface area contributed by atoms with E-state index < -0.39 is 53.7 Å². The van der Waals surface area contributed by atoms with Gasteiger partial charge in [0, 0.05) is 27.7 Å². The molecule has 10 nitrogen and oxygen atoms in total. The molecule has 0 aliphatic carbocycles. The molecule has 4 aromatic carbocycles. The second-order valence-corrected chi connectivity index (χ2v) is 12.2. The largest absolute Gasteiger partial charge is 0.510 e. The minimum absolute atomic E-state index is 0.0174. The molecular weight excluding hydrogens is 787 g/mol. The standard InChI is InChI=1S/C21H21NO4.C20H19NO4.CH3I/c1-21(20(25)26-15-17-10-6-3-7-11-17)12-19(24)22(14-18(21)23)13-16-8-4-2-5-9-16;22-18-13-21(12-15-7-3-1-4-8-15)19(23)11-17(18)20(24)25-14-16-9-5-2-6-10-16;1-2/h2-11H,12-15H2,1H3;1-10,22H,11-14H2;1H3/i1D3;;1D3. The maximum Gasteiger partial charge on any atom is 0.338 e. The fraction of sp³-hybridized carbons (Fsp3) is 0.262. The number of aliphatic hydroxyl groups is 1. The van der Waals surface area contributed by atoms with Gasteiger partial charge in [-0.1, -0.05) is 144 Å². The smallest absolute Gasteiger partial charge is 0.338 e. The molecule has 6 rings (SSSR count). The highest BCUT2D eigenvalue weighted by atomic mass is 127. The second kappa shape index (κ2) is 20.1. The summed E-state index contributed by atoms with van der Waals surface area (Å²) in [5.41, 5.74) is 0.850. The van der Waals surface area contributed by atoms with Gasteiger partial charge in [-0.3, -0.25) is 19.2 Å². The molecule has 1 atom stereocenters. The third kappa shape index (κ3) is 11.6. The van der Waals surface area contributed by atoms with E-state index in [0.717, 1.165) is 16.7 Å². The Hall–Kier alpha value is -5.30. The zero-order valence-electron chi connectivity index (χ0n) is 34.8. The number of hydrogen-bond acceptors (Lipinski definition) is 8. The van der Waals surface area contributed by atoms with Gasteiger partial charge in [0.05, 0.1) is 25.1 Å². The molecule has 2 aliphatic heterocycles. The van der Waals surface area contributed by atoms with Crippen LogP contribution >= 0.6 is 22.6 Å². The number of alkyl halides is 1. The van der Waals surface area contributed by atoms with E-state index in [2.05, 4.69) is 0 Å². The molecule has 0 spiro atoms. The number of carbonyl (C=O) groups excluding carboxylic acids is 5. The van der Waals surface area contributed by atoms with Crippen LogP contribution in [-0.4, -0.2) is 62.4 Å². The van der Waals surface area contributed by atoms with Gasteiger partial charge in [-0.05, 0) is 34.0 Å². The monoisotopic (exact) mass is 836 g/mol. The van der Waals surface area contributed by atoms with Crippen molar-refractivity contribution < 1.29 is 46.8 Å². The van der Waals surface area contributed by atoms with Gasteiger partial charge < -0.3 is 24.4 Å². The van der Waals surface area contributed by atoms with Crippen molar-refractivity contribution in [2.75, 3.05) is 17.9 Å². The van der Waals surface area contributed by atoms with E-state index in [0.29, 0.717) is 12.1 Å². The van der Waals surface area contributed by atoms with E-state index in [1.807, 2.05) is 66.7 Å². The van der Waals surface area contributed by atoms with Crippen LogP contribution in [0.2, 0.25) is 0 Å². The lowest BCUT2D eigenvalue weighted by Crippen LogP contribution is -2.53. The lowest BCUT2D eigenvalue weighted by Gasteiger charge is -2.35. The topological polar surface area (TPSA) is 131 Å². The Morgan fingerprint density at radius 3 is 1.60 bits per heavy atom. The average molecular weight is 837 g/mol. The number of esters is 2. The highest BCUT2D eigenvalue weighted by Gasteiger charge is 2.49. The van der Waals surface area contributed by atoms with Gasteiger partial charge in [-0.15, -0.1) is 0 Å². The van der Waals surface area contributed by atoms with E-state index in [-0.39, 0.29) is 50.0 Å². The zero-order valence-corrected chi connectivity index (χ0v) is 30.9. The number of piperidine rings is 1. The van der Waals surface area contributed by atoms with Crippen LogP contribution in [0.1, 0.15) is 50.2 Å². The molecule has 276 valence electrons. The molecule has 11 heteroatoms. The maximum absolute atomic E-state index is 12.9. The van der Waals surface area contributed by atoms with Gasteiger partial charge in [0.25, 0.3) is 0 Å². The van der Waals surface area contributed by atoms with E-state index in [1.54, 1.807) is 54.6 Å². The molecule has 0 bridgehead atoms. The molecule has 1 unspecified atom stereocenters. The number of ketones is 1. The number of aliphatic hydroxyl groups excluding tert-OH is 1. The highest BCUT2D eigenvalue weighted by Crippen LogP contribution is 2.31. The summed E-state index contributed by atoms with van der Waals surface area (Å²) in [5, 5.41) is 10.2. The molecule has 0 radical (unpaired) electrons. The summed E-state index contributed by atoms with van der Waals surface area (Å²) in [6, 6.07) is 36.5. The number of hydrogen-bond donors (Lipinski definition) is 1. The van der Waals surface area contributed by atoms with Gasteiger partial charge in [-0.25, -0.2) is 4.79 Å². The SMILES string of the molecule is O=C(OCc1ccccc1)C1=C(O)CN(Cc2ccccc2)C(=O)C1.[2H]C([2H])([2H])C1(C(=O)OCc2ccccc2)CC(=O)N(Cc2ccccc2)CC1=O.[2H]C([2H])([2H])I. The summed E-state index contributed by atoms with van der Waals surface area (Å²) < 4.78 is 52.7. The summed E-state index contributed by atoms with van der Waals surface area (Å²) in [4.78, 5) is 63.9. The van der Waals surface area contributed by atoms with Crippen molar-refractivity contribution in [2.45, 2.75) is 46.0 Å². The minimum atomic E-state index is -2.99. The van der Waals surface area contributed by atoms with Gasteiger partial charge in [0.15, 0.2) is 5.78 Å². The Labute approximate surface area is 332 Å². The van der Waals surface area contributed by atoms with Crippen LogP contribution in [0.4, 0.5) is 0 Å². The maximum atomic E-state index is 12.9. The first-order valence-corrected chi connectivity index (χ1v) is 17.6. The lowest BCUT2D eigenvalue weighted by atomic mass is 9.78. The van der Waals surface area contributed by atoms with Crippen LogP contribution in [0.5, 0.6) is 0 Å². The van der Waals surface area contributed by atoms with Crippen molar-refractivity contribution >= 4 is 52.1 Å². The van der Waals surface area contributed by atoms with Gasteiger partial charge in [0.1, 0.15) is 24.4 Å². The van der Waals surface area contributed by atoms with Crippen molar-refractivity contribution in [1.29, 1.82) is 0 Å². The van der Waals surface area contributed by atoms with Crippen molar-refractivity contribution in [3.05, 3.63) is 155 Å². The molecule has 0 saturated carbocycles.